The van der Waals surface area contributed by atoms with Crippen molar-refractivity contribution in [3.63, 3.8) is 0 Å². The number of allylic oxidation sites excluding steroid dienone is 2. The van der Waals surface area contributed by atoms with E-state index in [0.29, 0.717) is 18.1 Å². The van der Waals surface area contributed by atoms with Crippen molar-refractivity contribution in [1.29, 1.82) is 0 Å². The molecule has 1 aromatic heterocycles. The summed E-state index contributed by atoms with van der Waals surface area (Å²) in [7, 11) is 3.14. The monoisotopic (exact) mass is 431 g/mol. The number of nitrogens with one attached hydrogen (secondary N) is 1. The molecule has 1 heterocycles. The van der Waals surface area contributed by atoms with Crippen LogP contribution in [-0.2, 0) is 11.3 Å². The molecule has 0 saturated heterocycles. The topological polar surface area (TPSA) is 80.9 Å². The second-order valence-electron chi connectivity index (χ2n) is 7.54. The highest BCUT2D eigenvalue weighted by Crippen LogP contribution is 2.45. The molecule has 0 bridgehead atoms. The summed E-state index contributed by atoms with van der Waals surface area (Å²) in [5.41, 5.74) is 5.78. The number of carbonyl (C=O) groups is 1. The summed E-state index contributed by atoms with van der Waals surface area (Å²) in [6.45, 7) is 2.35. The molecule has 164 valence electrons. The van der Waals surface area contributed by atoms with Gasteiger partial charge < -0.3 is 24.3 Å². The van der Waals surface area contributed by atoms with Gasteiger partial charge in [0.2, 0.25) is 5.91 Å². The van der Waals surface area contributed by atoms with E-state index in [4.69, 9.17) is 13.9 Å². The van der Waals surface area contributed by atoms with Gasteiger partial charge in [-0.2, -0.15) is 0 Å². The molecule has 0 aliphatic heterocycles. The standard InChI is InChI=1S/C26H25NO5/c1-16-21(11-17-6-9-25(31-3)24(28)12-17)20-8-7-18(30-2)13-23(20)22(16)14-26(29)27-15-19-5-4-10-32-19/h4-13,28H,14-15H2,1-3H3,(H,27,29). The maximum absolute atomic E-state index is 12.7. The van der Waals surface area contributed by atoms with Crippen molar-refractivity contribution in [3.8, 4) is 17.2 Å². The minimum Gasteiger partial charge on any atom is -0.504 e. The second-order valence-corrected chi connectivity index (χ2v) is 7.54. The molecule has 2 N–H and O–H groups in total. The van der Waals surface area contributed by atoms with E-state index in [1.165, 1.54) is 7.11 Å². The molecule has 1 amide bonds. The van der Waals surface area contributed by atoms with Crippen LogP contribution in [0.4, 0.5) is 0 Å². The molecule has 4 rings (SSSR count). The van der Waals surface area contributed by atoms with Crippen molar-refractivity contribution in [2.45, 2.75) is 19.9 Å². The molecule has 0 fully saturated rings. The summed E-state index contributed by atoms with van der Waals surface area (Å²) in [5, 5.41) is 13.1. The summed E-state index contributed by atoms with van der Waals surface area (Å²) in [4.78, 5) is 12.7. The molecule has 6 nitrogen and oxygen atoms in total. The Morgan fingerprint density at radius 1 is 1.09 bits per heavy atom. The quantitative estimate of drug-likeness (QED) is 0.548. The normalized spacial score (nSPS) is 13.9. The summed E-state index contributed by atoms with van der Waals surface area (Å²) < 4.78 is 15.8. The number of phenols is 1. The molecule has 1 aliphatic carbocycles. The van der Waals surface area contributed by atoms with Crippen LogP contribution in [0.15, 0.2) is 64.8 Å². The average Bonchev–Trinajstić information content (AvgIpc) is 3.40. The number of ether oxygens (including phenoxy) is 2. The second kappa shape index (κ2) is 9.06. The first kappa shape index (κ1) is 21.3. The van der Waals surface area contributed by atoms with Gasteiger partial charge in [-0.25, -0.2) is 0 Å². The van der Waals surface area contributed by atoms with Crippen LogP contribution in [0.2, 0.25) is 0 Å². The van der Waals surface area contributed by atoms with Gasteiger partial charge in [-0.05, 0) is 82.8 Å². The summed E-state index contributed by atoms with van der Waals surface area (Å²) in [6, 6.07) is 14.8. The average molecular weight is 431 g/mol. The summed E-state index contributed by atoms with van der Waals surface area (Å²) >= 11 is 0. The highest BCUT2D eigenvalue weighted by atomic mass is 16.5. The van der Waals surface area contributed by atoms with E-state index in [9.17, 15) is 9.90 Å². The fourth-order valence-corrected chi connectivity index (χ4v) is 3.90. The van der Waals surface area contributed by atoms with Gasteiger partial charge >= 0.3 is 0 Å². The highest BCUT2D eigenvalue weighted by Gasteiger charge is 2.26. The number of rotatable bonds is 7. The highest BCUT2D eigenvalue weighted by molar-refractivity contribution is 6.08. The first-order chi connectivity index (χ1) is 15.5. The van der Waals surface area contributed by atoms with Crippen molar-refractivity contribution in [1.82, 2.24) is 5.32 Å². The van der Waals surface area contributed by atoms with Gasteiger partial charge in [0.05, 0.1) is 33.4 Å². The van der Waals surface area contributed by atoms with Gasteiger partial charge in [-0.3, -0.25) is 4.79 Å². The zero-order valence-corrected chi connectivity index (χ0v) is 18.3. The maximum atomic E-state index is 12.7. The van der Waals surface area contributed by atoms with Crippen molar-refractivity contribution in [2.75, 3.05) is 14.2 Å². The molecule has 1 aliphatic rings. The molecular formula is C26H25NO5. The Bertz CT molecular complexity index is 1200. The Kier molecular flexibility index (Phi) is 6.03. The zero-order valence-electron chi connectivity index (χ0n) is 18.3. The molecule has 2 aromatic carbocycles. The smallest absolute Gasteiger partial charge is 0.224 e. The van der Waals surface area contributed by atoms with Crippen molar-refractivity contribution < 1.29 is 23.8 Å². The molecule has 3 aromatic rings. The van der Waals surface area contributed by atoms with Crippen LogP contribution in [0, 0.1) is 0 Å². The lowest BCUT2D eigenvalue weighted by atomic mass is 10.00. The SMILES string of the molecule is COc1ccc2c(c1)C(CC(=O)NCc1ccco1)=C(C)C2=Cc1ccc(OC)c(O)c1. The lowest BCUT2D eigenvalue weighted by molar-refractivity contribution is -0.120. The number of amides is 1. The number of benzene rings is 2. The third kappa shape index (κ3) is 4.25. The number of phenolic OH excluding ortho intramolecular Hbond substituents is 1. The van der Waals surface area contributed by atoms with Crippen LogP contribution in [0.1, 0.15) is 35.8 Å². The van der Waals surface area contributed by atoms with Crippen LogP contribution in [0.25, 0.3) is 17.2 Å². The Labute approximate surface area is 186 Å². The number of hydrogen-bond donors (Lipinski definition) is 2. The number of carbonyl (C=O) groups excluding carboxylic acids is 1. The van der Waals surface area contributed by atoms with Crippen molar-refractivity contribution in [3.05, 3.63) is 82.8 Å². The summed E-state index contributed by atoms with van der Waals surface area (Å²) in [6.07, 6.45) is 3.83. The lowest BCUT2D eigenvalue weighted by Gasteiger charge is -2.09. The molecule has 0 radical (unpaired) electrons. The van der Waals surface area contributed by atoms with E-state index in [1.54, 1.807) is 31.6 Å². The predicted molar refractivity (Wildman–Crippen MR) is 123 cm³/mol. The molecule has 32 heavy (non-hydrogen) atoms. The van der Waals surface area contributed by atoms with Gasteiger partial charge in [0.1, 0.15) is 11.5 Å². The number of furan rings is 1. The Morgan fingerprint density at radius 3 is 2.62 bits per heavy atom. The van der Waals surface area contributed by atoms with E-state index >= 15 is 0 Å². The predicted octanol–water partition coefficient (Wildman–Crippen LogP) is 5.04. The van der Waals surface area contributed by atoms with E-state index in [1.807, 2.05) is 43.3 Å². The first-order valence-corrected chi connectivity index (χ1v) is 10.3. The fraction of sp³-hybridized carbons (Fsp3) is 0.192. The van der Waals surface area contributed by atoms with Crippen LogP contribution in [0.3, 0.4) is 0 Å². The molecule has 0 unspecified atom stereocenters. The van der Waals surface area contributed by atoms with Gasteiger partial charge in [0.25, 0.3) is 0 Å². The molecule has 0 saturated carbocycles. The van der Waals surface area contributed by atoms with Crippen LogP contribution in [0.5, 0.6) is 17.2 Å². The van der Waals surface area contributed by atoms with E-state index in [2.05, 4.69) is 5.32 Å². The minimum absolute atomic E-state index is 0.0777. The third-order valence-electron chi connectivity index (χ3n) is 5.59. The first-order valence-electron chi connectivity index (χ1n) is 10.3. The van der Waals surface area contributed by atoms with Crippen LogP contribution >= 0.6 is 0 Å². The Hall–Kier alpha value is -3.93. The van der Waals surface area contributed by atoms with Gasteiger partial charge in [-0.1, -0.05) is 12.1 Å². The van der Waals surface area contributed by atoms with Crippen LogP contribution < -0.4 is 14.8 Å². The number of fused-ring (bicyclic) bond motifs is 1. The number of hydrogen-bond acceptors (Lipinski definition) is 5. The third-order valence-corrected chi connectivity index (χ3v) is 5.59. The number of methoxy groups -OCH3 is 2. The molecule has 6 heteroatoms. The van der Waals surface area contributed by atoms with Crippen molar-refractivity contribution >= 4 is 23.1 Å². The Morgan fingerprint density at radius 2 is 1.94 bits per heavy atom. The van der Waals surface area contributed by atoms with E-state index in [-0.39, 0.29) is 18.1 Å². The van der Waals surface area contributed by atoms with Gasteiger partial charge in [0.15, 0.2) is 11.5 Å². The van der Waals surface area contributed by atoms with Crippen molar-refractivity contribution in [2.24, 2.45) is 0 Å². The maximum Gasteiger partial charge on any atom is 0.224 e. The summed E-state index contributed by atoms with van der Waals surface area (Å²) in [5.74, 6) is 1.84. The van der Waals surface area contributed by atoms with E-state index in [0.717, 1.165) is 39.2 Å². The Balaban J connectivity index is 1.67. The lowest BCUT2D eigenvalue weighted by Crippen LogP contribution is -2.22. The van der Waals surface area contributed by atoms with Gasteiger partial charge in [-0.15, -0.1) is 0 Å². The molecular weight excluding hydrogens is 406 g/mol. The van der Waals surface area contributed by atoms with E-state index < -0.39 is 0 Å². The molecule has 0 atom stereocenters. The zero-order chi connectivity index (χ0) is 22.7. The molecule has 0 spiro atoms. The number of aromatic hydroxyl groups is 1. The van der Waals surface area contributed by atoms with Gasteiger partial charge in [0, 0.05) is 0 Å². The largest absolute Gasteiger partial charge is 0.504 e. The fourth-order valence-electron chi connectivity index (χ4n) is 3.90. The minimum atomic E-state index is -0.0899. The van der Waals surface area contributed by atoms with Crippen LogP contribution in [-0.4, -0.2) is 25.2 Å².